The molecule has 0 aliphatic carbocycles. The van der Waals surface area contributed by atoms with Crippen molar-refractivity contribution < 1.29 is 14.3 Å². The lowest BCUT2D eigenvalue weighted by Crippen LogP contribution is -2.12. The maximum absolute atomic E-state index is 12.4. The molecule has 0 unspecified atom stereocenters. The molecule has 0 radical (unpaired) electrons. The summed E-state index contributed by atoms with van der Waals surface area (Å²) in [4.78, 5) is 12.4. The maximum Gasteiger partial charge on any atom is 0.255 e. The van der Waals surface area contributed by atoms with Crippen LogP contribution in [0.1, 0.15) is 28.4 Å². The summed E-state index contributed by atoms with van der Waals surface area (Å²) < 4.78 is 10.7. The van der Waals surface area contributed by atoms with E-state index in [9.17, 15) is 4.79 Å². The van der Waals surface area contributed by atoms with Gasteiger partial charge in [0.25, 0.3) is 5.91 Å². The third-order valence-corrected chi connectivity index (χ3v) is 3.20. The van der Waals surface area contributed by atoms with Gasteiger partial charge in [0, 0.05) is 23.9 Å². The number of carbonyl (C=O) groups excluding carboxylic acids is 1. The number of anilines is 1. The minimum absolute atomic E-state index is 0.147. The molecule has 2 rings (SSSR count). The highest BCUT2D eigenvalue weighted by molar-refractivity contribution is 6.04. The van der Waals surface area contributed by atoms with Crippen molar-refractivity contribution in [1.29, 1.82) is 0 Å². The second-order valence-electron chi connectivity index (χ2n) is 5.01. The van der Waals surface area contributed by atoms with Gasteiger partial charge in [-0.05, 0) is 49.7 Å². The molecule has 4 heteroatoms. The Bertz CT molecular complexity index is 653. The minimum Gasteiger partial charge on any atom is -0.494 e. The largest absolute Gasteiger partial charge is 0.494 e. The van der Waals surface area contributed by atoms with Gasteiger partial charge in [0.1, 0.15) is 5.75 Å². The van der Waals surface area contributed by atoms with Crippen LogP contribution >= 0.6 is 0 Å². The molecular formula is C18H21NO3. The number of rotatable bonds is 6. The van der Waals surface area contributed by atoms with Crippen molar-refractivity contribution in [2.75, 3.05) is 19.0 Å². The summed E-state index contributed by atoms with van der Waals surface area (Å²) >= 11 is 0. The smallest absolute Gasteiger partial charge is 0.255 e. The Balaban J connectivity index is 2.20. The molecule has 4 nitrogen and oxygen atoms in total. The summed E-state index contributed by atoms with van der Waals surface area (Å²) in [7, 11) is 1.62. The molecule has 0 saturated carbocycles. The van der Waals surface area contributed by atoms with Crippen LogP contribution in [0.15, 0.2) is 42.5 Å². The van der Waals surface area contributed by atoms with Gasteiger partial charge >= 0.3 is 0 Å². The fourth-order valence-electron chi connectivity index (χ4n) is 2.21. The SMILES string of the molecule is CCOc1ccc(C(=O)Nc2cccc(C)c2)cc1COC. The number of carbonyl (C=O) groups is 1. The molecule has 0 fully saturated rings. The highest BCUT2D eigenvalue weighted by atomic mass is 16.5. The molecule has 0 spiro atoms. The van der Waals surface area contributed by atoms with Crippen molar-refractivity contribution in [2.45, 2.75) is 20.5 Å². The van der Waals surface area contributed by atoms with E-state index >= 15 is 0 Å². The summed E-state index contributed by atoms with van der Waals surface area (Å²) in [6.07, 6.45) is 0. The van der Waals surface area contributed by atoms with E-state index in [-0.39, 0.29) is 5.91 Å². The Morgan fingerprint density at radius 1 is 1.18 bits per heavy atom. The Kier molecular flexibility index (Phi) is 5.55. The molecule has 0 heterocycles. The second-order valence-corrected chi connectivity index (χ2v) is 5.01. The van der Waals surface area contributed by atoms with Crippen LogP contribution in [0.4, 0.5) is 5.69 Å². The van der Waals surface area contributed by atoms with E-state index in [4.69, 9.17) is 9.47 Å². The molecular weight excluding hydrogens is 278 g/mol. The lowest BCUT2D eigenvalue weighted by atomic mass is 10.1. The van der Waals surface area contributed by atoms with E-state index in [2.05, 4.69) is 5.32 Å². The fourth-order valence-corrected chi connectivity index (χ4v) is 2.21. The van der Waals surface area contributed by atoms with E-state index in [0.29, 0.717) is 18.8 Å². The van der Waals surface area contributed by atoms with Crippen LogP contribution in [0.25, 0.3) is 0 Å². The number of hydrogen-bond acceptors (Lipinski definition) is 3. The van der Waals surface area contributed by atoms with Crippen LogP contribution in [0, 0.1) is 6.92 Å². The second kappa shape index (κ2) is 7.61. The summed E-state index contributed by atoms with van der Waals surface area (Å²) in [6, 6.07) is 13.1. The summed E-state index contributed by atoms with van der Waals surface area (Å²) in [5.41, 5.74) is 3.33. The Morgan fingerprint density at radius 2 is 2.00 bits per heavy atom. The molecule has 0 aliphatic heterocycles. The molecule has 0 aromatic heterocycles. The average molecular weight is 299 g/mol. The van der Waals surface area contributed by atoms with Crippen molar-refractivity contribution in [3.8, 4) is 5.75 Å². The summed E-state index contributed by atoms with van der Waals surface area (Å²) in [5.74, 6) is 0.599. The number of hydrogen-bond donors (Lipinski definition) is 1. The zero-order valence-corrected chi connectivity index (χ0v) is 13.2. The van der Waals surface area contributed by atoms with E-state index in [1.54, 1.807) is 19.2 Å². The number of methoxy groups -OCH3 is 1. The standard InChI is InChI=1S/C18H21NO3/c1-4-22-17-9-8-14(11-15(17)12-21-3)18(20)19-16-7-5-6-13(2)10-16/h5-11H,4,12H2,1-3H3,(H,19,20). The number of amides is 1. The zero-order chi connectivity index (χ0) is 15.9. The Morgan fingerprint density at radius 3 is 2.68 bits per heavy atom. The number of ether oxygens (including phenoxy) is 2. The van der Waals surface area contributed by atoms with Gasteiger partial charge in [-0.1, -0.05) is 12.1 Å². The van der Waals surface area contributed by atoms with E-state index in [0.717, 1.165) is 22.6 Å². The molecule has 2 aromatic carbocycles. The molecule has 1 amide bonds. The lowest BCUT2D eigenvalue weighted by molar-refractivity contribution is 0.102. The summed E-state index contributed by atoms with van der Waals surface area (Å²) in [6.45, 7) is 4.89. The quantitative estimate of drug-likeness (QED) is 0.882. The van der Waals surface area contributed by atoms with Crippen LogP contribution in [0.2, 0.25) is 0 Å². The average Bonchev–Trinajstić information content (AvgIpc) is 2.49. The van der Waals surface area contributed by atoms with Gasteiger partial charge in [-0.15, -0.1) is 0 Å². The van der Waals surface area contributed by atoms with Crippen molar-refractivity contribution in [3.05, 3.63) is 59.2 Å². The van der Waals surface area contributed by atoms with E-state index in [1.165, 1.54) is 0 Å². The third-order valence-electron chi connectivity index (χ3n) is 3.20. The molecule has 116 valence electrons. The van der Waals surface area contributed by atoms with Gasteiger partial charge in [0.2, 0.25) is 0 Å². The van der Waals surface area contributed by atoms with E-state index < -0.39 is 0 Å². The van der Waals surface area contributed by atoms with Crippen LogP contribution < -0.4 is 10.1 Å². The van der Waals surface area contributed by atoms with Gasteiger partial charge in [0.05, 0.1) is 13.2 Å². The van der Waals surface area contributed by atoms with Gasteiger partial charge < -0.3 is 14.8 Å². The van der Waals surface area contributed by atoms with Crippen molar-refractivity contribution in [2.24, 2.45) is 0 Å². The van der Waals surface area contributed by atoms with Crippen LogP contribution in [0.3, 0.4) is 0 Å². The first-order valence-electron chi connectivity index (χ1n) is 7.26. The van der Waals surface area contributed by atoms with Crippen LogP contribution in [-0.4, -0.2) is 19.6 Å². The number of aryl methyl sites for hydroxylation is 1. The van der Waals surface area contributed by atoms with Gasteiger partial charge in [-0.2, -0.15) is 0 Å². The zero-order valence-electron chi connectivity index (χ0n) is 13.2. The molecule has 2 aromatic rings. The first-order valence-corrected chi connectivity index (χ1v) is 7.26. The molecule has 22 heavy (non-hydrogen) atoms. The summed E-state index contributed by atoms with van der Waals surface area (Å²) in [5, 5.41) is 2.90. The van der Waals surface area contributed by atoms with Crippen LogP contribution in [0.5, 0.6) is 5.75 Å². The third kappa shape index (κ3) is 4.09. The van der Waals surface area contributed by atoms with Gasteiger partial charge in [-0.25, -0.2) is 0 Å². The minimum atomic E-state index is -0.147. The highest BCUT2D eigenvalue weighted by Gasteiger charge is 2.11. The normalized spacial score (nSPS) is 10.3. The first kappa shape index (κ1) is 16.0. The molecule has 0 saturated heterocycles. The molecule has 1 N–H and O–H groups in total. The monoisotopic (exact) mass is 299 g/mol. The molecule has 0 bridgehead atoms. The maximum atomic E-state index is 12.4. The highest BCUT2D eigenvalue weighted by Crippen LogP contribution is 2.22. The van der Waals surface area contributed by atoms with Crippen LogP contribution in [-0.2, 0) is 11.3 Å². The molecule has 0 aliphatic rings. The first-order chi connectivity index (χ1) is 10.6. The predicted octanol–water partition coefficient (Wildman–Crippen LogP) is 3.79. The van der Waals surface area contributed by atoms with E-state index in [1.807, 2.05) is 44.2 Å². The van der Waals surface area contributed by atoms with Crippen molar-refractivity contribution in [3.63, 3.8) is 0 Å². The molecule has 0 atom stereocenters. The lowest BCUT2D eigenvalue weighted by Gasteiger charge is -2.12. The Hall–Kier alpha value is -2.33. The van der Waals surface area contributed by atoms with Gasteiger partial charge in [-0.3, -0.25) is 4.79 Å². The van der Waals surface area contributed by atoms with Crippen molar-refractivity contribution >= 4 is 11.6 Å². The van der Waals surface area contributed by atoms with Gasteiger partial charge in [0.15, 0.2) is 0 Å². The predicted molar refractivity (Wildman–Crippen MR) is 87.5 cm³/mol. The fraction of sp³-hybridized carbons (Fsp3) is 0.278. The Labute approximate surface area is 131 Å². The topological polar surface area (TPSA) is 47.6 Å². The number of nitrogens with one attached hydrogen (secondary N) is 1. The number of benzene rings is 2. The van der Waals surface area contributed by atoms with Crippen molar-refractivity contribution in [1.82, 2.24) is 0 Å².